The molecule has 2 aromatic carbocycles. The van der Waals surface area contributed by atoms with E-state index in [0.29, 0.717) is 43.4 Å². The molecule has 5 nitrogen and oxygen atoms in total. The van der Waals surface area contributed by atoms with Crippen LogP contribution in [0.3, 0.4) is 0 Å². The number of carbonyl (C=O) groups is 1. The zero-order chi connectivity index (χ0) is 18.5. The molecule has 3 rings (SSSR count). The number of hydrogen-bond acceptors (Lipinski definition) is 4. The Hall–Kier alpha value is -2.76. The number of para-hydroxylation sites is 1. The summed E-state index contributed by atoms with van der Waals surface area (Å²) in [6.07, 6.45) is 0. The third kappa shape index (κ3) is 4.07. The molecule has 1 saturated heterocycles. The van der Waals surface area contributed by atoms with Gasteiger partial charge in [-0.15, -0.1) is 0 Å². The van der Waals surface area contributed by atoms with Gasteiger partial charge in [0.2, 0.25) is 0 Å². The highest BCUT2D eigenvalue weighted by Gasteiger charge is 2.23. The van der Waals surface area contributed by atoms with E-state index < -0.39 is 0 Å². The molecule has 0 atom stereocenters. The zero-order valence-corrected chi connectivity index (χ0v) is 15.1. The number of hydrogen-bond donors (Lipinski definition) is 0. The van der Waals surface area contributed by atoms with Gasteiger partial charge >= 0.3 is 0 Å². The fourth-order valence-electron chi connectivity index (χ4n) is 3.03. The minimum absolute atomic E-state index is 0.0425. The van der Waals surface area contributed by atoms with Crippen LogP contribution in [0.2, 0.25) is 0 Å². The van der Waals surface area contributed by atoms with E-state index in [2.05, 4.69) is 0 Å². The van der Waals surface area contributed by atoms with Crippen molar-refractivity contribution in [2.75, 3.05) is 44.8 Å². The monoisotopic (exact) mass is 358 g/mol. The van der Waals surface area contributed by atoms with E-state index in [-0.39, 0.29) is 18.3 Å². The highest BCUT2D eigenvalue weighted by Crippen LogP contribution is 2.27. The molecule has 138 valence electrons. The maximum atomic E-state index is 13.9. The van der Waals surface area contributed by atoms with Crippen LogP contribution in [0, 0.1) is 12.7 Å². The fraction of sp³-hybridized carbons (Fsp3) is 0.350. The molecule has 6 heteroatoms. The highest BCUT2D eigenvalue weighted by atomic mass is 19.1. The number of rotatable bonds is 5. The van der Waals surface area contributed by atoms with E-state index in [1.54, 1.807) is 30.2 Å². The van der Waals surface area contributed by atoms with Crippen molar-refractivity contribution in [3.63, 3.8) is 0 Å². The molecule has 0 spiro atoms. The lowest BCUT2D eigenvalue weighted by Crippen LogP contribution is -2.50. The summed E-state index contributed by atoms with van der Waals surface area (Å²) in [6, 6.07) is 12.3. The predicted molar refractivity (Wildman–Crippen MR) is 98.4 cm³/mol. The maximum absolute atomic E-state index is 13.9. The molecular formula is C20H23FN2O3. The lowest BCUT2D eigenvalue weighted by Gasteiger charge is -2.36. The number of carbonyl (C=O) groups excluding carboxylic acids is 1. The summed E-state index contributed by atoms with van der Waals surface area (Å²) < 4.78 is 24.8. The quantitative estimate of drug-likeness (QED) is 0.824. The molecular weight excluding hydrogens is 335 g/mol. The van der Waals surface area contributed by atoms with Gasteiger partial charge < -0.3 is 19.3 Å². The van der Waals surface area contributed by atoms with E-state index in [0.717, 1.165) is 5.56 Å². The van der Waals surface area contributed by atoms with Crippen LogP contribution in [0.1, 0.15) is 5.56 Å². The lowest BCUT2D eigenvalue weighted by atomic mass is 10.2. The molecule has 0 unspecified atom stereocenters. The number of nitrogens with zero attached hydrogens (tertiary/aromatic N) is 2. The first-order valence-corrected chi connectivity index (χ1v) is 8.63. The van der Waals surface area contributed by atoms with Crippen molar-refractivity contribution < 1.29 is 18.7 Å². The average Bonchev–Trinajstić information content (AvgIpc) is 2.67. The van der Waals surface area contributed by atoms with Gasteiger partial charge in [0.1, 0.15) is 5.82 Å². The molecule has 0 saturated carbocycles. The summed E-state index contributed by atoms with van der Waals surface area (Å²) in [5.74, 6) is 0.849. The van der Waals surface area contributed by atoms with Crippen LogP contribution in [0.5, 0.6) is 11.5 Å². The van der Waals surface area contributed by atoms with Crippen LogP contribution in [0.25, 0.3) is 0 Å². The standard InChI is InChI=1S/C20H23FN2O3/c1-15-7-8-18(19(13-15)25-2)26-14-20(24)23-11-9-22(10-12-23)17-6-4-3-5-16(17)21/h3-8,13H,9-12,14H2,1-2H3. The maximum Gasteiger partial charge on any atom is 0.260 e. The van der Waals surface area contributed by atoms with Gasteiger partial charge in [0, 0.05) is 26.2 Å². The second-order valence-electron chi connectivity index (χ2n) is 6.26. The normalized spacial score (nSPS) is 14.3. The van der Waals surface area contributed by atoms with E-state index in [1.165, 1.54) is 6.07 Å². The first kappa shape index (κ1) is 18.0. The largest absolute Gasteiger partial charge is 0.493 e. The minimum Gasteiger partial charge on any atom is -0.493 e. The van der Waals surface area contributed by atoms with E-state index in [1.807, 2.05) is 30.0 Å². The van der Waals surface area contributed by atoms with Crippen molar-refractivity contribution in [3.8, 4) is 11.5 Å². The first-order chi connectivity index (χ1) is 12.6. The molecule has 1 amide bonds. The third-order valence-electron chi connectivity index (χ3n) is 4.50. The Kier molecular flexibility index (Phi) is 5.61. The Bertz CT molecular complexity index is 773. The van der Waals surface area contributed by atoms with Gasteiger partial charge in [0.05, 0.1) is 12.8 Å². The molecule has 1 heterocycles. The van der Waals surface area contributed by atoms with Gasteiger partial charge in [-0.2, -0.15) is 0 Å². The van der Waals surface area contributed by atoms with Crippen LogP contribution < -0.4 is 14.4 Å². The third-order valence-corrected chi connectivity index (χ3v) is 4.50. The van der Waals surface area contributed by atoms with Crippen molar-refractivity contribution in [1.82, 2.24) is 4.90 Å². The zero-order valence-electron chi connectivity index (χ0n) is 15.1. The van der Waals surface area contributed by atoms with Crippen LogP contribution in [0.4, 0.5) is 10.1 Å². The second kappa shape index (κ2) is 8.08. The summed E-state index contributed by atoms with van der Waals surface area (Å²) >= 11 is 0. The van der Waals surface area contributed by atoms with Crippen LogP contribution in [-0.2, 0) is 4.79 Å². The number of anilines is 1. The van der Waals surface area contributed by atoms with Gasteiger partial charge in [0.15, 0.2) is 18.1 Å². The molecule has 2 aromatic rings. The lowest BCUT2D eigenvalue weighted by molar-refractivity contribution is -0.133. The summed E-state index contributed by atoms with van der Waals surface area (Å²) in [6.45, 7) is 4.20. The molecule has 0 aliphatic carbocycles. The highest BCUT2D eigenvalue weighted by molar-refractivity contribution is 5.78. The van der Waals surface area contributed by atoms with Crippen LogP contribution in [0.15, 0.2) is 42.5 Å². The number of aryl methyl sites for hydroxylation is 1. The minimum atomic E-state index is -0.234. The van der Waals surface area contributed by atoms with Crippen LogP contribution in [-0.4, -0.2) is 50.7 Å². The van der Waals surface area contributed by atoms with Gasteiger partial charge in [-0.05, 0) is 36.8 Å². The molecule has 0 aromatic heterocycles. The molecule has 0 radical (unpaired) electrons. The molecule has 0 N–H and O–H groups in total. The second-order valence-corrected chi connectivity index (χ2v) is 6.26. The van der Waals surface area contributed by atoms with Gasteiger partial charge in [0.25, 0.3) is 5.91 Å². The van der Waals surface area contributed by atoms with Crippen LogP contribution >= 0.6 is 0 Å². The Labute approximate surface area is 152 Å². The molecule has 1 fully saturated rings. The van der Waals surface area contributed by atoms with Crippen molar-refractivity contribution in [1.29, 1.82) is 0 Å². The van der Waals surface area contributed by atoms with Crippen molar-refractivity contribution >= 4 is 11.6 Å². The van der Waals surface area contributed by atoms with Gasteiger partial charge in [-0.25, -0.2) is 4.39 Å². The van der Waals surface area contributed by atoms with E-state index in [9.17, 15) is 9.18 Å². The van der Waals surface area contributed by atoms with Crippen molar-refractivity contribution in [3.05, 3.63) is 53.8 Å². The fourth-order valence-corrected chi connectivity index (χ4v) is 3.03. The predicted octanol–water partition coefficient (Wildman–Crippen LogP) is 2.87. The average molecular weight is 358 g/mol. The summed E-state index contributed by atoms with van der Waals surface area (Å²) in [5.41, 5.74) is 1.64. The molecule has 26 heavy (non-hydrogen) atoms. The Morgan fingerprint density at radius 3 is 2.50 bits per heavy atom. The number of benzene rings is 2. The van der Waals surface area contributed by atoms with Crippen molar-refractivity contribution in [2.24, 2.45) is 0 Å². The number of halogens is 1. The molecule has 0 bridgehead atoms. The molecule has 1 aliphatic rings. The topological polar surface area (TPSA) is 42.0 Å². The summed E-state index contributed by atoms with van der Waals surface area (Å²) in [7, 11) is 1.57. The Balaban J connectivity index is 1.54. The number of methoxy groups -OCH3 is 1. The smallest absolute Gasteiger partial charge is 0.260 e. The SMILES string of the molecule is COc1cc(C)ccc1OCC(=O)N1CCN(c2ccccc2F)CC1. The summed E-state index contributed by atoms with van der Waals surface area (Å²) in [4.78, 5) is 16.1. The Morgan fingerprint density at radius 1 is 1.08 bits per heavy atom. The first-order valence-electron chi connectivity index (χ1n) is 8.63. The number of piperazine rings is 1. The van der Waals surface area contributed by atoms with Gasteiger partial charge in [-0.3, -0.25) is 4.79 Å². The van der Waals surface area contributed by atoms with Gasteiger partial charge in [-0.1, -0.05) is 18.2 Å². The number of amides is 1. The van der Waals surface area contributed by atoms with E-state index >= 15 is 0 Å². The Morgan fingerprint density at radius 2 is 1.81 bits per heavy atom. The van der Waals surface area contributed by atoms with E-state index in [4.69, 9.17) is 9.47 Å². The van der Waals surface area contributed by atoms with Crippen molar-refractivity contribution in [2.45, 2.75) is 6.92 Å². The molecule has 1 aliphatic heterocycles. The number of ether oxygens (including phenoxy) is 2. The summed E-state index contributed by atoms with van der Waals surface area (Å²) in [5, 5.41) is 0.